The molecule has 0 fully saturated rings. The van der Waals surface area contributed by atoms with E-state index in [1.54, 1.807) is 6.07 Å². The van der Waals surface area contributed by atoms with Crippen LogP contribution in [0.25, 0.3) is 0 Å². The van der Waals surface area contributed by atoms with E-state index < -0.39 is 5.91 Å². The van der Waals surface area contributed by atoms with E-state index in [1.807, 2.05) is 0 Å². The molecular formula is C9H9N7O. The molecule has 2 aromatic rings. The molecule has 4 N–H and O–H groups in total. The Morgan fingerprint density at radius 1 is 1.24 bits per heavy atom. The Morgan fingerprint density at radius 3 is 2.71 bits per heavy atom. The number of rotatable bonds is 3. The largest absolute Gasteiger partial charge is 0.307 e. The summed E-state index contributed by atoms with van der Waals surface area (Å²) in [4.78, 5) is 27.2. The van der Waals surface area contributed by atoms with Crippen molar-refractivity contribution < 1.29 is 4.79 Å². The van der Waals surface area contributed by atoms with Gasteiger partial charge in [-0.3, -0.25) is 15.1 Å². The molecule has 17 heavy (non-hydrogen) atoms. The van der Waals surface area contributed by atoms with Gasteiger partial charge in [0.1, 0.15) is 5.69 Å². The van der Waals surface area contributed by atoms with Crippen molar-refractivity contribution in [2.45, 2.75) is 0 Å². The van der Waals surface area contributed by atoms with E-state index in [1.165, 1.54) is 24.8 Å². The normalized spacial score (nSPS) is 9.71. The molecule has 0 bridgehead atoms. The van der Waals surface area contributed by atoms with Crippen LogP contribution in [0.2, 0.25) is 0 Å². The number of anilines is 2. The number of nitrogens with one attached hydrogen (secondary N) is 2. The molecule has 86 valence electrons. The second-order valence-corrected chi connectivity index (χ2v) is 2.96. The summed E-state index contributed by atoms with van der Waals surface area (Å²) in [5.41, 5.74) is 2.42. The van der Waals surface area contributed by atoms with Crippen molar-refractivity contribution in [2.75, 3.05) is 10.7 Å². The molecule has 1 amide bonds. The number of hydrogen-bond donors (Lipinski definition) is 3. The molecule has 0 saturated heterocycles. The van der Waals surface area contributed by atoms with Crippen LogP contribution >= 0.6 is 0 Å². The average molecular weight is 231 g/mol. The maximum atomic E-state index is 11.7. The van der Waals surface area contributed by atoms with Crippen molar-refractivity contribution in [1.82, 2.24) is 19.9 Å². The summed E-state index contributed by atoms with van der Waals surface area (Å²) in [6.45, 7) is 0. The third-order valence-corrected chi connectivity index (χ3v) is 1.81. The van der Waals surface area contributed by atoms with Gasteiger partial charge in [-0.1, -0.05) is 0 Å². The monoisotopic (exact) mass is 231 g/mol. The van der Waals surface area contributed by atoms with Crippen molar-refractivity contribution >= 4 is 17.7 Å². The van der Waals surface area contributed by atoms with Crippen molar-refractivity contribution in [3.05, 3.63) is 36.5 Å². The maximum absolute atomic E-state index is 11.7. The molecule has 2 aromatic heterocycles. The van der Waals surface area contributed by atoms with Crippen LogP contribution in [-0.2, 0) is 0 Å². The lowest BCUT2D eigenvalue weighted by molar-refractivity contribution is 0.102. The fourth-order valence-corrected chi connectivity index (χ4v) is 1.07. The lowest BCUT2D eigenvalue weighted by atomic mass is 10.4. The van der Waals surface area contributed by atoms with Crippen LogP contribution in [0.5, 0.6) is 0 Å². The first-order valence-electron chi connectivity index (χ1n) is 4.66. The molecule has 0 aliphatic rings. The van der Waals surface area contributed by atoms with E-state index in [0.29, 0.717) is 5.82 Å². The third-order valence-electron chi connectivity index (χ3n) is 1.81. The number of hydrogen-bond acceptors (Lipinski definition) is 7. The van der Waals surface area contributed by atoms with Crippen molar-refractivity contribution in [3.8, 4) is 0 Å². The topological polar surface area (TPSA) is 119 Å². The fourth-order valence-electron chi connectivity index (χ4n) is 1.07. The maximum Gasteiger partial charge on any atom is 0.278 e. The Kier molecular flexibility index (Phi) is 3.17. The van der Waals surface area contributed by atoms with E-state index in [9.17, 15) is 4.79 Å². The van der Waals surface area contributed by atoms with E-state index in [-0.39, 0.29) is 11.6 Å². The highest BCUT2D eigenvalue weighted by atomic mass is 16.2. The minimum absolute atomic E-state index is 0.118. The van der Waals surface area contributed by atoms with Gasteiger partial charge in [0, 0.05) is 12.4 Å². The molecule has 8 heteroatoms. The van der Waals surface area contributed by atoms with Gasteiger partial charge in [0.25, 0.3) is 5.91 Å². The number of carbonyl (C=O) groups is 1. The number of nitrogens with two attached hydrogens (primary N) is 1. The summed E-state index contributed by atoms with van der Waals surface area (Å²) in [5.74, 6) is 5.20. The molecule has 2 rings (SSSR count). The molecule has 0 aliphatic heterocycles. The highest BCUT2D eigenvalue weighted by Crippen LogP contribution is 2.03. The van der Waals surface area contributed by atoms with Gasteiger partial charge in [-0.25, -0.2) is 20.8 Å². The van der Waals surface area contributed by atoms with Gasteiger partial charge in [0.15, 0.2) is 5.82 Å². The molecule has 0 aromatic carbocycles. The molecule has 0 unspecified atom stereocenters. The summed E-state index contributed by atoms with van der Waals surface area (Å²) < 4.78 is 0. The Hall–Kier alpha value is -2.61. The molecule has 0 spiro atoms. The predicted octanol–water partition coefficient (Wildman–Crippen LogP) is -0.196. The van der Waals surface area contributed by atoms with Gasteiger partial charge < -0.3 is 5.43 Å². The van der Waals surface area contributed by atoms with Gasteiger partial charge >= 0.3 is 0 Å². The van der Waals surface area contributed by atoms with Gasteiger partial charge in [0.2, 0.25) is 5.95 Å². The molecule has 0 aliphatic carbocycles. The zero-order valence-electron chi connectivity index (χ0n) is 8.66. The van der Waals surface area contributed by atoms with Crippen LogP contribution in [0.1, 0.15) is 10.5 Å². The summed E-state index contributed by atoms with van der Waals surface area (Å²) >= 11 is 0. The zero-order chi connectivity index (χ0) is 12.1. The quantitative estimate of drug-likeness (QED) is 0.494. The van der Waals surface area contributed by atoms with E-state index in [0.717, 1.165) is 0 Å². The summed E-state index contributed by atoms with van der Waals surface area (Å²) in [5, 5.41) is 2.48. The Balaban J connectivity index is 2.14. The molecule has 8 nitrogen and oxygen atoms in total. The smallest absolute Gasteiger partial charge is 0.278 e. The molecule has 0 radical (unpaired) electrons. The third kappa shape index (κ3) is 2.69. The summed E-state index contributed by atoms with van der Waals surface area (Å²) in [7, 11) is 0. The molecule has 0 atom stereocenters. The number of amides is 1. The van der Waals surface area contributed by atoms with Crippen LogP contribution in [-0.4, -0.2) is 25.8 Å². The minimum Gasteiger partial charge on any atom is -0.307 e. The SMILES string of the molecule is NNc1cncc(C(=O)Nc2ncccn2)n1. The number of aromatic nitrogens is 4. The lowest BCUT2D eigenvalue weighted by Gasteiger charge is -2.03. The van der Waals surface area contributed by atoms with Gasteiger partial charge in [-0.2, -0.15) is 0 Å². The Bertz CT molecular complexity index is 516. The Labute approximate surface area is 96.3 Å². The standard InChI is InChI=1S/C9H9N7O/c10-16-7-5-11-4-6(14-7)8(17)15-9-12-2-1-3-13-9/h1-5H,10H2,(H,14,16)(H,12,13,15,17). The highest BCUT2D eigenvalue weighted by molar-refractivity contribution is 6.01. The first-order valence-corrected chi connectivity index (χ1v) is 4.66. The van der Waals surface area contributed by atoms with Crippen LogP contribution in [0.15, 0.2) is 30.9 Å². The number of hydrazine groups is 1. The summed E-state index contributed by atoms with van der Waals surface area (Å²) in [6, 6.07) is 1.65. The second-order valence-electron chi connectivity index (χ2n) is 2.96. The van der Waals surface area contributed by atoms with E-state index in [4.69, 9.17) is 5.84 Å². The van der Waals surface area contributed by atoms with Crippen LogP contribution < -0.4 is 16.6 Å². The minimum atomic E-state index is -0.458. The lowest BCUT2D eigenvalue weighted by Crippen LogP contribution is -2.17. The van der Waals surface area contributed by atoms with Crippen molar-refractivity contribution in [1.29, 1.82) is 0 Å². The summed E-state index contributed by atoms with van der Waals surface area (Å²) in [6.07, 6.45) is 5.76. The van der Waals surface area contributed by atoms with Crippen molar-refractivity contribution in [2.24, 2.45) is 5.84 Å². The first kappa shape index (κ1) is 10.9. The van der Waals surface area contributed by atoms with E-state index in [2.05, 4.69) is 30.7 Å². The van der Waals surface area contributed by atoms with Crippen LogP contribution in [0.4, 0.5) is 11.8 Å². The number of carbonyl (C=O) groups excluding carboxylic acids is 1. The first-order chi connectivity index (χ1) is 8.29. The van der Waals surface area contributed by atoms with Gasteiger partial charge in [0.05, 0.1) is 12.4 Å². The van der Waals surface area contributed by atoms with E-state index >= 15 is 0 Å². The highest BCUT2D eigenvalue weighted by Gasteiger charge is 2.09. The van der Waals surface area contributed by atoms with Crippen LogP contribution in [0.3, 0.4) is 0 Å². The number of nitrogen functional groups attached to an aromatic ring is 1. The van der Waals surface area contributed by atoms with Gasteiger partial charge in [-0.15, -0.1) is 0 Å². The molecule has 2 heterocycles. The Morgan fingerprint density at radius 2 is 2.00 bits per heavy atom. The molecule has 0 saturated carbocycles. The van der Waals surface area contributed by atoms with Crippen molar-refractivity contribution in [3.63, 3.8) is 0 Å². The molecular weight excluding hydrogens is 222 g/mol. The van der Waals surface area contributed by atoms with Crippen LogP contribution in [0, 0.1) is 0 Å². The zero-order valence-corrected chi connectivity index (χ0v) is 8.66. The number of nitrogens with zero attached hydrogens (tertiary/aromatic N) is 4. The van der Waals surface area contributed by atoms with Gasteiger partial charge in [-0.05, 0) is 6.07 Å². The predicted molar refractivity (Wildman–Crippen MR) is 59.8 cm³/mol. The average Bonchev–Trinajstić information content (AvgIpc) is 2.40. The fraction of sp³-hybridized carbons (Fsp3) is 0. The second kappa shape index (κ2) is 4.94.